The van der Waals surface area contributed by atoms with Crippen LogP contribution in [0, 0.1) is 0 Å². The van der Waals surface area contributed by atoms with Crippen LogP contribution in [0.3, 0.4) is 0 Å². The van der Waals surface area contributed by atoms with Crippen LogP contribution >= 0.6 is 15.9 Å². The summed E-state index contributed by atoms with van der Waals surface area (Å²) in [5.74, 6) is -1.07. The molecule has 0 spiro atoms. The first-order valence-electron chi connectivity index (χ1n) is 4.51. The number of halogens is 1. The summed E-state index contributed by atoms with van der Waals surface area (Å²) in [6.07, 6.45) is 0. The van der Waals surface area contributed by atoms with Gasteiger partial charge in [0.2, 0.25) is 0 Å². The van der Waals surface area contributed by atoms with Crippen LogP contribution in [-0.4, -0.2) is 22.4 Å². The fourth-order valence-corrected chi connectivity index (χ4v) is 0.759. The quantitative estimate of drug-likeness (QED) is 0.684. The van der Waals surface area contributed by atoms with Gasteiger partial charge in [-0.05, 0) is 5.56 Å². The Labute approximate surface area is 102 Å². The van der Waals surface area contributed by atoms with E-state index in [2.05, 4.69) is 15.9 Å². The molecule has 0 aliphatic rings. The molecule has 88 valence electrons. The third-order valence-corrected chi connectivity index (χ3v) is 1.88. The van der Waals surface area contributed by atoms with Crippen LogP contribution in [0.15, 0.2) is 30.3 Å². The molecular formula is C11H13BrO4. The Hall–Kier alpha value is -1.36. The molecule has 0 saturated carbocycles. The van der Waals surface area contributed by atoms with E-state index in [4.69, 9.17) is 9.84 Å². The van der Waals surface area contributed by atoms with Gasteiger partial charge in [0.1, 0.15) is 11.9 Å². The zero-order valence-electron chi connectivity index (χ0n) is 8.85. The minimum atomic E-state index is -0.829. The summed E-state index contributed by atoms with van der Waals surface area (Å²) in [4.78, 5) is 19.7. The number of aliphatic carboxylic acids is 1. The molecule has 0 bridgehead atoms. The summed E-state index contributed by atoms with van der Waals surface area (Å²) in [5.41, 5.74) is 1.02. The van der Waals surface area contributed by atoms with Gasteiger partial charge in [0.25, 0.3) is 0 Å². The van der Waals surface area contributed by atoms with Gasteiger partial charge in [-0.25, -0.2) is 0 Å². The van der Waals surface area contributed by atoms with E-state index < -0.39 is 5.97 Å². The average molecular weight is 289 g/mol. The Morgan fingerprint density at radius 2 is 1.81 bits per heavy atom. The van der Waals surface area contributed by atoms with Crippen molar-refractivity contribution in [2.45, 2.75) is 13.5 Å². The Morgan fingerprint density at radius 1 is 1.31 bits per heavy atom. The standard InChI is InChI=1S/C9H10O2.C2H3BrO2/c1-8(10)11-7-9-5-3-2-4-6-9;3-1-2(4)5/h2-6H,7H2,1H3;1H2,(H,4,5). The second-order valence-corrected chi connectivity index (χ2v) is 3.35. The maximum Gasteiger partial charge on any atom is 0.314 e. The van der Waals surface area contributed by atoms with E-state index in [1.165, 1.54) is 6.92 Å². The summed E-state index contributed by atoms with van der Waals surface area (Å²) in [7, 11) is 0. The monoisotopic (exact) mass is 288 g/mol. The summed E-state index contributed by atoms with van der Waals surface area (Å²) < 4.78 is 4.79. The fraction of sp³-hybridized carbons (Fsp3) is 0.273. The molecule has 4 nitrogen and oxygen atoms in total. The molecule has 1 aromatic rings. The molecule has 1 N–H and O–H groups in total. The highest BCUT2D eigenvalue weighted by atomic mass is 79.9. The van der Waals surface area contributed by atoms with Crippen LogP contribution in [-0.2, 0) is 20.9 Å². The molecule has 5 heteroatoms. The first-order chi connectivity index (χ1) is 7.56. The van der Waals surface area contributed by atoms with Crippen molar-refractivity contribution in [2.24, 2.45) is 0 Å². The van der Waals surface area contributed by atoms with Crippen molar-refractivity contribution in [1.82, 2.24) is 0 Å². The fourth-order valence-electron chi connectivity index (χ4n) is 0.759. The lowest BCUT2D eigenvalue weighted by Gasteiger charge is -1.99. The van der Waals surface area contributed by atoms with E-state index in [0.29, 0.717) is 6.61 Å². The Balaban J connectivity index is 0.000000385. The number of ether oxygens (including phenoxy) is 1. The van der Waals surface area contributed by atoms with Crippen molar-refractivity contribution in [1.29, 1.82) is 0 Å². The van der Waals surface area contributed by atoms with Gasteiger partial charge in [0.15, 0.2) is 0 Å². The number of hydrogen-bond acceptors (Lipinski definition) is 3. The number of carbonyl (C=O) groups is 2. The maximum absolute atomic E-state index is 10.4. The van der Waals surface area contributed by atoms with Gasteiger partial charge in [-0.1, -0.05) is 46.3 Å². The van der Waals surface area contributed by atoms with E-state index >= 15 is 0 Å². The van der Waals surface area contributed by atoms with Crippen LogP contribution in [0.4, 0.5) is 0 Å². The summed E-state index contributed by atoms with van der Waals surface area (Å²) >= 11 is 2.71. The SMILES string of the molecule is CC(=O)OCc1ccccc1.O=C(O)CBr. The van der Waals surface area contributed by atoms with Crippen LogP contribution in [0.2, 0.25) is 0 Å². The number of alkyl halides is 1. The zero-order chi connectivity index (χ0) is 12.4. The van der Waals surface area contributed by atoms with Crippen LogP contribution in [0.1, 0.15) is 12.5 Å². The number of carboxylic acid groups (broad SMARTS) is 1. The lowest BCUT2D eigenvalue weighted by Crippen LogP contribution is -1.97. The molecule has 0 fully saturated rings. The van der Waals surface area contributed by atoms with E-state index in [1.807, 2.05) is 30.3 Å². The lowest BCUT2D eigenvalue weighted by atomic mass is 10.2. The minimum absolute atomic E-state index is 0.0347. The molecule has 0 saturated heterocycles. The van der Waals surface area contributed by atoms with Crippen LogP contribution < -0.4 is 0 Å². The Kier molecular flexibility index (Phi) is 8.15. The second-order valence-electron chi connectivity index (χ2n) is 2.79. The first kappa shape index (κ1) is 14.6. The molecule has 0 radical (unpaired) electrons. The predicted octanol–water partition coefficient (Wildman–Crippen LogP) is 2.22. The van der Waals surface area contributed by atoms with Gasteiger partial charge in [-0.3, -0.25) is 9.59 Å². The van der Waals surface area contributed by atoms with Gasteiger partial charge < -0.3 is 9.84 Å². The van der Waals surface area contributed by atoms with E-state index in [1.54, 1.807) is 0 Å². The number of hydrogen-bond donors (Lipinski definition) is 1. The number of esters is 1. The highest BCUT2D eigenvalue weighted by Gasteiger charge is 1.93. The van der Waals surface area contributed by atoms with Crippen molar-refractivity contribution in [2.75, 3.05) is 5.33 Å². The molecule has 0 heterocycles. The molecule has 0 aliphatic carbocycles. The molecule has 0 atom stereocenters. The van der Waals surface area contributed by atoms with Gasteiger partial charge in [-0.15, -0.1) is 0 Å². The van der Waals surface area contributed by atoms with Crippen molar-refractivity contribution in [3.63, 3.8) is 0 Å². The summed E-state index contributed by atoms with van der Waals surface area (Å²) in [5, 5.41) is 7.71. The largest absolute Gasteiger partial charge is 0.481 e. The van der Waals surface area contributed by atoms with E-state index in [9.17, 15) is 9.59 Å². The van der Waals surface area contributed by atoms with Crippen LogP contribution in [0.5, 0.6) is 0 Å². The van der Waals surface area contributed by atoms with E-state index in [0.717, 1.165) is 5.56 Å². The second kappa shape index (κ2) is 8.91. The number of carbonyl (C=O) groups excluding carboxylic acids is 1. The highest BCUT2D eigenvalue weighted by Crippen LogP contribution is 1.99. The molecular weight excluding hydrogens is 276 g/mol. The highest BCUT2D eigenvalue weighted by molar-refractivity contribution is 9.09. The lowest BCUT2D eigenvalue weighted by molar-refractivity contribution is -0.142. The summed E-state index contributed by atoms with van der Waals surface area (Å²) in [6.45, 7) is 1.78. The smallest absolute Gasteiger partial charge is 0.314 e. The first-order valence-corrected chi connectivity index (χ1v) is 5.63. The normalized spacial score (nSPS) is 8.62. The maximum atomic E-state index is 10.4. The topological polar surface area (TPSA) is 63.6 Å². The predicted molar refractivity (Wildman–Crippen MR) is 63.3 cm³/mol. The molecule has 1 rings (SSSR count). The summed E-state index contributed by atoms with van der Waals surface area (Å²) in [6, 6.07) is 9.60. The van der Waals surface area contributed by atoms with Gasteiger partial charge in [0.05, 0.1) is 0 Å². The number of benzene rings is 1. The van der Waals surface area contributed by atoms with Crippen molar-refractivity contribution < 1.29 is 19.4 Å². The average Bonchev–Trinajstić information content (AvgIpc) is 2.28. The third kappa shape index (κ3) is 9.21. The molecule has 1 aromatic carbocycles. The molecule has 0 amide bonds. The van der Waals surface area contributed by atoms with Crippen molar-refractivity contribution in [3.8, 4) is 0 Å². The Morgan fingerprint density at radius 3 is 2.19 bits per heavy atom. The molecule has 0 unspecified atom stereocenters. The van der Waals surface area contributed by atoms with E-state index in [-0.39, 0.29) is 11.3 Å². The molecule has 0 aromatic heterocycles. The van der Waals surface area contributed by atoms with Gasteiger partial charge in [0, 0.05) is 6.92 Å². The molecule has 16 heavy (non-hydrogen) atoms. The third-order valence-electron chi connectivity index (χ3n) is 1.40. The van der Waals surface area contributed by atoms with Crippen molar-refractivity contribution in [3.05, 3.63) is 35.9 Å². The number of rotatable bonds is 3. The van der Waals surface area contributed by atoms with Crippen LogP contribution in [0.25, 0.3) is 0 Å². The van der Waals surface area contributed by atoms with Gasteiger partial charge in [-0.2, -0.15) is 0 Å². The zero-order valence-corrected chi connectivity index (χ0v) is 10.4. The van der Waals surface area contributed by atoms with Gasteiger partial charge >= 0.3 is 11.9 Å². The minimum Gasteiger partial charge on any atom is -0.481 e. The Bertz CT molecular complexity index is 324. The number of carboxylic acids is 1. The molecule has 0 aliphatic heterocycles. The van der Waals surface area contributed by atoms with Crippen molar-refractivity contribution >= 4 is 27.9 Å².